The number of methoxy groups -OCH3 is 1. The number of nitrogens with zero attached hydrogens (tertiary/aromatic N) is 1. The van der Waals surface area contributed by atoms with Crippen molar-refractivity contribution < 1.29 is 9.53 Å². The SMILES string of the molecule is CCCCc1nc2c(C(=O)OC)scc2[nH]1. The number of nitrogens with one attached hydrogen (secondary N) is 1. The van der Waals surface area contributed by atoms with Gasteiger partial charge in [-0.1, -0.05) is 13.3 Å². The summed E-state index contributed by atoms with van der Waals surface area (Å²) in [5.74, 6) is 0.637. The van der Waals surface area contributed by atoms with E-state index in [1.807, 2.05) is 5.38 Å². The molecule has 0 saturated heterocycles. The van der Waals surface area contributed by atoms with E-state index in [1.54, 1.807) is 0 Å². The van der Waals surface area contributed by atoms with Crippen molar-refractivity contribution in [1.82, 2.24) is 9.97 Å². The number of thiophene rings is 1. The second kappa shape index (κ2) is 4.65. The van der Waals surface area contributed by atoms with Gasteiger partial charge in [-0.3, -0.25) is 0 Å². The van der Waals surface area contributed by atoms with Gasteiger partial charge in [0.25, 0.3) is 0 Å². The van der Waals surface area contributed by atoms with Crippen molar-refractivity contribution in [1.29, 1.82) is 0 Å². The van der Waals surface area contributed by atoms with Crippen LogP contribution in [-0.2, 0) is 11.2 Å². The zero-order valence-electron chi connectivity index (χ0n) is 9.37. The van der Waals surface area contributed by atoms with Crippen molar-refractivity contribution in [2.45, 2.75) is 26.2 Å². The first kappa shape index (κ1) is 11.1. The fourth-order valence-electron chi connectivity index (χ4n) is 1.57. The van der Waals surface area contributed by atoms with Gasteiger partial charge in [0.1, 0.15) is 16.2 Å². The number of imidazole rings is 1. The molecule has 0 saturated carbocycles. The number of unbranched alkanes of at least 4 members (excludes halogenated alkanes) is 1. The van der Waals surface area contributed by atoms with Gasteiger partial charge in [0.05, 0.1) is 12.6 Å². The number of carbonyl (C=O) groups is 1. The molecule has 0 aliphatic carbocycles. The number of esters is 1. The van der Waals surface area contributed by atoms with Crippen LogP contribution < -0.4 is 0 Å². The number of fused-ring (bicyclic) bond motifs is 1. The van der Waals surface area contributed by atoms with Gasteiger partial charge < -0.3 is 9.72 Å². The lowest BCUT2D eigenvalue weighted by atomic mass is 10.2. The lowest BCUT2D eigenvalue weighted by Crippen LogP contribution is -1.98. The molecule has 4 nitrogen and oxygen atoms in total. The van der Waals surface area contributed by atoms with Crippen molar-refractivity contribution in [2.24, 2.45) is 0 Å². The average molecular weight is 238 g/mol. The predicted octanol–water partition coefficient (Wildman–Crippen LogP) is 2.75. The van der Waals surface area contributed by atoms with Crippen LogP contribution in [-0.4, -0.2) is 23.0 Å². The Morgan fingerprint density at radius 1 is 1.62 bits per heavy atom. The first-order valence-corrected chi connectivity index (χ1v) is 6.18. The Labute approximate surface area is 97.6 Å². The summed E-state index contributed by atoms with van der Waals surface area (Å²) in [6, 6.07) is 0. The molecule has 2 aromatic heterocycles. The van der Waals surface area contributed by atoms with Crippen molar-refractivity contribution >= 4 is 28.3 Å². The molecule has 5 heteroatoms. The molecule has 2 heterocycles. The fourth-order valence-corrected chi connectivity index (χ4v) is 2.42. The van der Waals surface area contributed by atoms with E-state index in [4.69, 9.17) is 4.74 Å². The van der Waals surface area contributed by atoms with Crippen LogP contribution in [0.5, 0.6) is 0 Å². The second-order valence-electron chi connectivity index (χ2n) is 3.61. The summed E-state index contributed by atoms with van der Waals surface area (Å²) in [7, 11) is 1.39. The highest BCUT2D eigenvalue weighted by atomic mass is 32.1. The third-order valence-electron chi connectivity index (χ3n) is 2.43. The van der Waals surface area contributed by atoms with Crippen LogP contribution >= 0.6 is 11.3 Å². The molecular formula is C11H14N2O2S. The number of rotatable bonds is 4. The van der Waals surface area contributed by atoms with Crippen LogP contribution in [0.2, 0.25) is 0 Å². The molecule has 0 amide bonds. The lowest BCUT2D eigenvalue weighted by molar-refractivity contribution is 0.0608. The summed E-state index contributed by atoms with van der Waals surface area (Å²) < 4.78 is 4.71. The van der Waals surface area contributed by atoms with Crippen molar-refractivity contribution in [3.8, 4) is 0 Å². The molecule has 0 radical (unpaired) electrons. The van der Waals surface area contributed by atoms with Crippen molar-refractivity contribution in [3.63, 3.8) is 0 Å². The maximum Gasteiger partial charge on any atom is 0.350 e. The molecule has 0 atom stereocenters. The minimum atomic E-state index is -0.312. The predicted molar refractivity (Wildman–Crippen MR) is 63.9 cm³/mol. The van der Waals surface area contributed by atoms with Gasteiger partial charge in [-0.2, -0.15) is 0 Å². The zero-order valence-corrected chi connectivity index (χ0v) is 10.2. The number of carbonyl (C=O) groups excluding carboxylic acids is 1. The van der Waals surface area contributed by atoms with Crippen LogP contribution in [0.15, 0.2) is 5.38 Å². The van der Waals surface area contributed by atoms with Crippen molar-refractivity contribution in [2.75, 3.05) is 7.11 Å². The van der Waals surface area contributed by atoms with E-state index in [0.29, 0.717) is 4.88 Å². The van der Waals surface area contributed by atoms with Crippen LogP contribution in [0.25, 0.3) is 11.0 Å². The van der Waals surface area contributed by atoms with Crippen LogP contribution in [0.1, 0.15) is 35.3 Å². The smallest absolute Gasteiger partial charge is 0.350 e. The summed E-state index contributed by atoms with van der Waals surface area (Å²) in [6.45, 7) is 2.14. The molecule has 0 fully saturated rings. The number of H-pyrrole nitrogens is 1. The van der Waals surface area contributed by atoms with E-state index in [1.165, 1.54) is 18.4 Å². The summed E-state index contributed by atoms with van der Waals surface area (Å²) in [6.07, 6.45) is 3.17. The minimum absolute atomic E-state index is 0.312. The minimum Gasteiger partial charge on any atom is -0.465 e. The van der Waals surface area contributed by atoms with Gasteiger partial charge in [0.2, 0.25) is 0 Å². The van der Waals surface area contributed by atoms with E-state index >= 15 is 0 Å². The van der Waals surface area contributed by atoms with Crippen molar-refractivity contribution in [3.05, 3.63) is 16.1 Å². The molecule has 0 unspecified atom stereocenters. The third kappa shape index (κ3) is 1.95. The number of aromatic amines is 1. The lowest BCUT2D eigenvalue weighted by Gasteiger charge is -1.93. The Kier molecular flexibility index (Phi) is 3.24. The highest BCUT2D eigenvalue weighted by Crippen LogP contribution is 2.24. The quantitative estimate of drug-likeness (QED) is 0.833. The van der Waals surface area contributed by atoms with Crippen LogP contribution in [0, 0.1) is 0 Å². The maximum absolute atomic E-state index is 11.4. The molecule has 0 aliphatic heterocycles. The molecule has 0 aromatic carbocycles. The number of aryl methyl sites for hydroxylation is 1. The Morgan fingerprint density at radius 2 is 2.44 bits per heavy atom. The zero-order chi connectivity index (χ0) is 11.5. The van der Waals surface area contributed by atoms with E-state index in [9.17, 15) is 4.79 Å². The number of hydrogen-bond donors (Lipinski definition) is 1. The van der Waals surface area contributed by atoms with Gasteiger partial charge >= 0.3 is 5.97 Å². The molecule has 16 heavy (non-hydrogen) atoms. The van der Waals surface area contributed by atoms with Gasteiger partial charge in [0, 0.05) is 11.8 Å². The first-order valence-electron chi connectivity index (χ1n) is 5.30. The number of ether oxygens (including phenoxy) is 1. The average Bonchev–Trinajstić information content (AvgIpc) is 2.84. The van der Waals surface area contributed by atoms with Crippen LogP contribution in [0.3, 0.4) is 0 Å². The standard InChI is InChI=1S/C11H14N2O2S/c1-3-4-5-8-12-7-6-16-10(9(7)13-8)11(14)15-2/h6H,3-5H2,1-2H3,(H,12,13). The van der Waals surface area contributed by atoms with E-state index in [0.717, 1.165) is 36.1 Å². The largest absolute Gasteiger partial charge is 0.465 e. The normalized spacial score (nSPS) is 10.9. The first-order chi connectivity index (χ1) is 7.76. The molecule has 0 aliphatic rings. The maximum atomic E-state index is 11.4. The molecule has 0 spiro atoms. The van der Waals surface area contributed by atoms with E-state index < -0.39 is 0 Å². The Hall–Kier alpha value is -1.36. The summed E-state index contributed by atoms with van der Waals surface area (Å²) in [5.41, 5.74) is 1.67. The van der Waals surface area contributed by atoms with Gasteiger partial charge in [0.15, 0.2) is 0 Å². The summed E-state index contributed by atoms with van der Waals surface area (Å²) >= 11 is 1.37. The fraction of sp³-hybridized carbons (Fsp3) is 0.455. The second-order valence-corrected chi connectivity index (χ2v) is 4.49. The summed E-state index contributed by atoms with van der Waals surface area (Å²) in [4.78, 5) is 19.7. The van der Waals surface area contributed by atoms with Gasteiger partial charge in [-0.15, -0.1) is 11.3 Å². The molecule has 2 aromatic rings. The van der Waals surface area contributed by atoms with E-state index in [-0.39, 0.29) is 5.97 Å². The molecule has 86 valence electrons. The molecular weight excluding hydrogens is 224 g/mol. The third-order valence-corrected chi connectivity index (χ3v) is 3.38. The molecule has 1 N–H and O–H groups in total. The Balaban J connectivity index is 2.32. The van der Waals surface area contributed by atoms with Gasteiger partial charge in [-0.05, 0) is 6.42 Å². The Bertz CT molecular complexity index is 501. The number of aromatic nitrogens is 2. The van der Waals surface area contributed by atoms with E-state index in [2.05, 4.69) is 16.9 Å². The topological polar surface area (TPSA) is 55.0 Å². The van der Waals surface area contributed by atoms with Gasteiger partial charge in [-0.25, -0.2) is 9.78 Å². The highest BCUT2D eigenvalue weighted by Gasteiger charge is 2.16. The Morgan fingerprint density at radius 3 is 3.12 bits per heavy atom. The highest BCUT2D eigenvalue weighted by molar-refractivity contribution is 7.13. The molecule has 0 bridgehead atoms. The molecule has 2 rings (SSSR count). The summed E-state index contributed by atoms with van der Waals surface area (Å²) in [5, 5.41) is 1.91. The monoisotopic (exact) mass is 238 g/mol. The van der Waals surface area contributed by atoms with Crippen LogP contribution in [0.4, 0.5) is 0 Å². The number of hydrogen-bond acceptors (Lipinski definition) is 4.